The summed E-state index contributed by atoms with van der Waals surface area (Å²) < 4.78 is 25.8. The molecule has 2 aromatic rings. The zero-order chi connectivity index (χ0) is 32.8. The van der Waals surface area contributed by atoms with E-state index in [0.29, 0.717) is 55.4 Å². The molecule has 1 aromatic heterocycles. The molecule has 3 aliphatic rings. The van der Waals surface area contributed by atoms with Crippen LogP contribution in [0.5, 0.6) is 5.75 Å². The molecule has 15 heteroatoms. The van der Waals surface area contributed by atoms with Crippen molar-refractivity contribution in [3.63, 3.8) is 0 Å². The lowest BCUT2D eigenvalue weighted by Gasteiger charge is -2.62. The van der Waals surface area contributed by atoms with Gasteiger partial charge in [0.15, 0.2) is 0 Å². The summed E-state index contributed by atoms with van der Waals surface area (Å²) in [5, 5.41) is 39.1. The first kappa shape index (κ1) is 34.4. The number of hydrogen-bond acceptors (Lipinski definition) is 13. The molecule has 0 bridgehead atoms. The van der Waals surface area contributed by atoms with Gasteiger partial charge in [0.25, 0.3) is 0 Å². The van der Waals surface area contributed by atoms with Gasteiger partial charge in [-0.15, -0.1) is 0 Å². The van der Waals surface area contributed by atoms with Crippen LogP contribution in [0.2, 0.25) is 5.02 Å². The number of anilines is 1. The van der Waals surface area contributed by atoms with E-state index in [-0.39, 0.29) is 24.0 Å². The molecular formula is C31H41ClFN5O8. The molecule has 1 unspecified atom stereocenters. The van der Waals surface area contributed by atoms with Gasteiger partial charge < -0.3 is 34.8 Å². The molecule has 1 aromatic carbocycles. The summed E-state index contributed by atoms with van der Waals surface area (Å²) >= 11 is 5.88. The van der Waals surface area contributed by atoms with Crippen LogP contribution < -0.4 is 9.64 Å². The number of β-amino-alcohol motifs (C(OH)–C–C–N with tert-alkyl or cyclic N) is 1. The summed E-state index contributed by atoms with van der Waals surface area (Å²) in [7, 11) is 0. The number of benzene rings is 1. The highest BCUT2D eigenvalue weighted by Gasteiger charge is 2.55. The van der Waals surface area contributed by atoms with Gasteiger partial charge in [0.1, 0.15) is 29.8 Å². The predicted molar refractivity (Wildman–Crippen MR) is 164 cm³/mol. The molecule has 3 aliphatic heterocycles. The van der Waals surface area contributed by atoms with Crippen LogP contribution in [-0.2, 0) is 14.3 Å². The number of aliphatic hydroxyl groups is 4. The van der Waals surface area contributed by atoms with Crippen LogP contribution in [0.4, 0.5) is 10.3 Å². The van der Waals surface area contributed by atoms with Crippen molar-refractivity contribution in [2.24, 2.45) is 11.3 Å². The van der Waals surface area contributed by atoms with Gasteiger partial charge in [-0.25, -0.2) is 19.2 Å². The van der Waals surface area contributed by atoms with E-state index < -0.39 is 42.7 Å². The standard InChI is InChI=1S/C31H41ClFN5O8/c32-21-11-34-30(35-12-21)37-7-5-20(6-8-37)2-1-9-45-22-3-4-23(24(33)10-22)27(29(44)46-19-40)38-17-31(18-38)15-36(16-31)13-25(41)28(43)26(42)14-39/h3-4,10-12,19-20,25-28,39,41-43H,1-2,5-9,13-18H2/t25-,26+,27?,28-/m0/s1. The molecule has 5 rings (SSSR count). The first-order valence-electron chi connectivity index (χ1n) is 15.5. The molecule has 13 nitrogen and oxygen atoms in total. The molecule has 0 saturated carbocycles. The number of carbonyl (C=O) groups excluding carboxylic acids is 2. The number of piperidine rings is 1. The van der Waals surface area contributed by atoms with E-state index in [1.54, 1.807) is 23.4 Å². The number of aliphatic hydroxyl groups excluding tert-OH is 4. The lowest BCUT2D eigenvalue weighted by atomic mass is 9.71. The zero-order valence-corrected chi connectivity index (χ0v) is 26.2. The fourth-order valence-electron chi connectivity index (χ4n) is 6.82. The minimum absolute atomic E-state index is 0.0359. The Bertz CT molecular complexity index is 1320. The number of ether oxygens (including phenoxy) is 2. The van der Waals surface area contributed by atoms with Crippen molar-refractivity contribution in [2.45, 2.75) is 50.0 Å². The van der Waals surface area contributed by atoms with E-state index in [0.717, 1.165) is 38.8 Å². The first-order valence-corrected chi connectivity index (χ1v) is 15.9. The van der Waals surface area contributed by atoms with Crippen molar-refractivity contribution in [1.82, 2.24) is 19.8 Å². The Morgan fingerprint density at radius 2 is 1.80 bits per heavy atom. The van der Waals surface area contributed by atoms with Crippen LogP contribution in [0.3, 0.4) is 0 Å². The Morgan fingerprint density at radius 3 is 2.43 bits per heavy atom. The van der Waals surface area contributed by atoms with Crippen molar-refractivity contribution in [1.29, 1.82) is 0 Å². The maximum Gasteiger partial charge on any atom is 0.335 e. The summed E-state index contributed by atoms with van der Waals surface area (Å²) in [5.41, 5.74) is -0.113. The van der Waals surface area contributed by atoms with Crippen molar-refractivity contribution < 1.29 is 43.9 Å². The first-order chi connectivity index (χ1) is 22.1. The number of halogens is 2. The van der Waals surface area contributed by atoms with E-state index in [1.165, 1.54) is 12.1 Å². The predicted octanol–water partition coefficient (Wildman–Crippen LogP) is 0.778. The van der Waals surface area contributed by atoms with E-state index in [2.05, 4.69) is 19.6 Å². The summed E-state index contributed by atoms with van der Waals surface area (Å²) in [4.78, 5) is 38.1. The summed E-state index contributed by atoms with van der Waals surface area (Å²) in [5.74, 6) is 0.0681. The average molecular weight is 666 g/mol. The van der Waals surface area contributed by atoms with Crippen LogP contribution in [0.15, 0.2) is 30.6 Å². The summed E-state index contributed by atoms with van der Waals surface area (Å²) in [6.07, 6.45) is 2.87. The Morgan fingerprint density at radius 1 is 1.11 bits per heavy atom. The zero-order valence-electron chi connectivity index (χ0n) is 25.5. The maximum atomic E-state index is 15.4. The van der Waals surface area contributed by atoms with E-state index in [1.807, 2.05) is 4.90 Å². The highest BCUT2D eigenvalue weighted by Crippen LogP contribution is 2.44. The molecule has 252 valence electrons. The van der Waals surface area contributed by atoms with Crippen molar-refractivity contribution in [3.05, 3.63) is 47.0 Å². The normalized spacial score (nSPS) is 21.1. The highest BCUT2D eigenvalue weighted by atomic mass is 35.5. The molecule has 46 heavy (non-hydrogen) atoms. The van der Waals surface area contributed by atoms with E-state index in [9.17, 15) is 24.9 Å². The van der Waals surface area contributed by atoms with Crippen molar-refractivity contribution in [3.8, 4) is 5.75 Å². The lowest BCUT2D eigenvalue weighted by Crippen LogP contribution is -2.73. The number of likely N-dealkylation sites (tertiary alicyclic amines) is 2. The third-order valence-corrected chi connectivity index (χ3v) is 9.36. The van der Waals surface area contributed by atoms with Gasteiger partial charge >= 0.3 is 12.4 Å². The molecule has 3 fully saturated rings. The Hall–Kier alpha value is -2.98. The van der Waals surface area contributed by atoms with Gasteiger partial charge in [-0.3, -0.25) is 14.6 Å². The molecular weight excluding hydrogens is 625 g/mol. The van der Waals surface area contributed by atoms with Gasteiger partial charge in [0.05, 0.1) is 36.7 Å². The fraction of sp³-hybridized carbons (Fsp3) is 0.613. The number of aromatic nitrogens is 2. The second kappa shape index (κ2) is 15.3. The third-order valence-electron chi connectivity index (χ3n) is 9.16. The lowest BCUT2D eigenvalue weighted by molar-refractivity contribution is -0.174. The second-order valence-electron chi connectivity index (χ2n) is 12.6. The monoisotopic (exact) mass is 665 g/mol. The van der Waals surface area contributed by atoms with E-state index in [4.69, 9.17) is 21.4 Å². The van der Waals surface area contributed by atoms with Crippen molar-refractivity contribution in [2.75, 3.05) is 63.9 Å². The molecule has 4 N–H and O–H groups in total. The number of hydrogen-bond donors (Lipinski definition) is 4. The fourth-order valence-corrected chi connectivity index (χ4v) is 6.92. The number of rotatable bonds is 15. The largest absolute Gasteiger partial charge is 0.493 e. The Balaban J connectivity index is 1.07. The highest BCUT2D eigenvalue weighted by molar-refractivity contribution is 6.30. The third kappa shape index (κ3) is 8.11. The van der Waals surface area contributed by atoms with Crippen molar-refractivity contribution >= 4 is 30.0 Å². The molecule has 0 aliphatic carbocycles. The van der Waals surface area contributed by atoms with Gasteiger partial charge in [-0.2, -0.15) is 0 Å². The smallest absolute Gasteiger partial charge is 0.335 e. The molecule has 0 radical (unpaired) electrons. The second-order valence-corrected chi connectivity index (χ2v) is 13.1. The molecule has 4 heterocycles. The number of nitrogens with zero attached hydrogens (tertiary/aromatic N) is 5. The van der Waals surface area contributed by atoms with Gasteiger partial charge in [-0.1, -0.05) is 17.7 Å². The summed E-state index contributed by atoms with van der Waals surface area (Å²) in [6.45, 7) is 3.62. The average Bonchev–Trinajstić information content (AvgIpc) is 3.01. The maximum absolute atomic E-state index is 15.4. The molecule has 0 amide bonds. The number of carbonyl (C=O) groups is 2. The van der Waals surface area contributed by atoms with Gasteiger partial charge in [0, 0.05) is 62.9 Å². The minimum atomic E-state index is -1.47. The number of esters is 1. The SMILES string of the molecule is O=COC(=O)C(c1ccc(OCCCC2CCN(c3ncc(Cl)cn3)CC2)cc1F)N1CC2(CN(C[C@H](O)[C@H](O)[C@H](O)CO)C2)C1. The molecule has 3 saturated heterocycles. The Kier molecular flexibility index (Phi) is 11.4. The quantitative estimate of drug-likeness (QED) is 0.0912. The van der Waals surface area contributed by atoms with E-state index >= 15 is 4.39 Å². The van der Waals surface area contributed by atoms with Crippen LogP contribution in [0, 0.1) is 17.2 Å². The van der Waals surface area contributed by atoms with Crippen LogP contribution in [0.25, 0.3) is 0 Å². The Labute approximate surface area is 271 Å². The van der Waals surface area contributed by atoms with Crippen LogP contribution >= 0.6 is 11.6 Å². The van der Waals surface area contributed by atoms with Crippen LogP contribution in [-0.4, -0.2) is 130 Å². The molecule has 1 spiro atoms. The van der Waals surface area contributed by atoms with Gasteiger partial charge in [0.2, 0.25) is 5.95 Å². The topological polar surface area (TPSA) is 169 Å². The molecule has 4 atom stereocenters. The van der Waals surface area contributed by atoms with Crippen LogP contribution in [0.1, 0.15) is 37.3 Å². The minimum Gasteiger partial charge on any atom is -0.493 e. The summed E-state index contributed by atoms with van der Waals surface area (Å²) in [6, 6.07) is 3.22. The van der Waals surface area contributed by atoms with Gasteiger partial charge in [-0.05, 0) is 37.7 Å².